The lowest BCUT2D eigenvalue weighted by Crippen LogP contribution is -2.48. The van der Waals surface area contributed by atoms with Crippen LogP contribution in [0, 0.1) is 5.92 Å². The van der Waals surface area contributed by atoms with Crippen molar-refractivity contribution in [2.24, 2.45) is 5.92 Å². The van der Waals surface area contributed by atoms with Gasteiger partial charge < -0.3 is 19.1 Å². The number of esters is 1. The minimum Gasteiger partial charge on any atom is -0.460 e. The summed E-state index contributed by atoms with van der Waals surface area (Å²) >= 11 is 2.75. The van der Waals surface area contributed by atoms with Crippen LogP contribution in [0.5, 0.6) is 0 Å². The average molecular weight is 437 g/mol. The highest BCUT2D eigenvalue weighted by Crippen LogP contribution is 2.39. The van der Waals surface area contributed by atoms with Gasteiger partial charge in [-0.05, 0) is 42.7 Å². The maximum Gasteiger partial charge on any atom is 0.349 e. The molecule has 0 aliphatic carbocycles. The number of carbonyl (C=O) groups is 1. The van der Waals surface area contributed by atoms with Crippen molar-refractivity contribution in [1.82, 2.24) is 0 Å². The first-order valence-corrected chi connectivity index (χ1v) is 12.0. The van der Waals surface area contributed by atoms with Crippen LogP contribution in [0.4, 0.5) is 0 Å². The molecule has 0 spiro atoms. The van der Waals surface area contributed by atoms with Gasteiger partial charge in [-0.3, -0.25) is 0 Å². The van der Waals surface area contributed by atoms with Crippen molar-refractivity contribution in [3.63, 3.8) is 0 Å². The van der Waals surface area contributed by atoms with Gasteiger partial charge in [0.05, 0.1) is 49.1 Å². The summed E-state index contributed by atoms with van der Waals surface area (Å²) in [6.45, 7) is 4.17. The van der Waals surface area contributed by atoms with Crippen molar-refractivity contribution >= 4 is 28.6 Å². The Morgan fingerprint density at radius 3 is 2.38 bits per heavy atom. The monoisotopic (exact) mass is 436 g/mol. The molecular formula is C22H30NO4S2+. The van der Waals surface area contributed by atoms with Crippen LogP contribution >= 0.6 is 22.7 Å². The lowest BCUT2D eigenvalue weighted by molar-refractivity contribution is -0.894. The molecule has 158 valence electrons. The molecule has 4 heterocycles. The van der Waals surface area contributed by atoms with Gasteiger partial charge in [0.2, 0.25) is 5.60 Å². The van der Waals surface area contributed by atoms with Gasteiger partial charge in [-0.2, -0.15) is 0 Å². The molecule has 2 aromatic rings. The van der Waals surface area contributed by atoms with Crippen molar-refractivity contribution < 1.29 is 23.9 Å². The molecule has 2 aliphatic rings. The third kappa shape index (κ3) is 4.44. The molecule has 5 nitrogen and oxygen atoms in total. The van der Waals surface area contributed by atoms with Gasteiger partial charge in [0, 0.05) is 12.3 Å². The van der Waals surface area contributed by atoms with Gasteiger partial charge in [-0.1, -0.05) is 12.1 Å². The summed E-state index contributed by atoms with van der Waals surface area (Å²) in [5.74, 6) is -0.208. The summed E-state index contributed by atoms with van der Waals surface area (Å²) in [5, 5.41) is 15.2. The van der Waals surface area contributed by atoms with Crippen molar-refractivity contribution in [2.45, 2.75) is 50.1 Å². The maximum atomic E-state index is 13.3. The van der Waals surface area contributed by atoms with Crippen LogP contribution in [-0.4, -0.2) is 61.1 Å². The summed E-state index contributed by atoms with van der Waals surface area (Å²) in [6, 6.07) is 7.30. The maximum absolute atomic E-state index is 13.3. The first-order valence-electron chi connectivity index (χ1n) is 10.3. The summed E-state index contributed by atoms with van der Waals surface area (Å²) in [5.41, 5.74) is -1.74. The number of rotatable bonds is 5. The largest absolute Gasteiger partial charge is 0.460 e. The van der Waals surface area contributed by atoms with Gasteiger partial charge in [0.15, 0.2) is 0 Å². The lowest BCUT2D eigenvalue weighted by atomic mass is 9.90. The van der Waals surface area contributed by atoms with Crippen LogP contribution < -0.4 is 0 Å². The van der Waals surface area contributed by atoms with Crippen LogP contribution in [0.3, 0.4) is 0 Å². The number of hydrogen-bond acceptors (Lipinski definition) is 6. The summed E-state index contributed by atoms with van der Waals surface area (Å²) < 4.78 is 12.8. The Morgan fingerprint density at radius 2 is 1.86 bits per heavy atom. The van der Waals surface area contributed by atoms with E-state index in [9.17, 15) is 9.90 Å². The van der Waals surface area contributed by atoms with Gasteiger partial charge in [0.25, 0.3) is 0 Å². The molecule has 4 unspecified atom stereocenters. The molecule has 0 bridgehead atoms. The van der Waals surface area contributed by atoms with Crippen LogP contribution in [0.2, 0.25) is 0 Å². The SMILES string of the molecule is CC1OC1C1CC(OC(=O)C(O)(c2cccs2)c2cccs2)CCC[N+](C)(C)C1. The number of nitrogens with zero attached hydrogens (tertiary/aromatic N) is 1. The van der Waals surface area contributed by atoms with Crippen molar-refractivity contribution in [3.8, 4) is 0 Å². The molecule has 0 radical (unpaired) electrons. The molecule has 2 fully saturated rings. The van der Waals surface area contributed by atoms with Gasteiger partial charge in [-0.15, -0.1) is 22.7 Å². The Balaban J connectivity index is 1.54. The fraction of sp³-hybridized carbons (Fsp3) is 0.591. The highest BCUT2D eigenvalue weighted by Gasteiger charge is 2.48. The van der Waals surface area contributed by atoms with E-state index in [0.29, 0.717) is 15.7 Å². The minimum absolute atomic E-state index is 0.198. The van der Waals surface area contributed by atoms with Crippen molar-refractivity contribution in [1.29, 1.82) is 0 Å². The van der Waals surface area contributed by atoms with Crippen LogP contribution in [0.15, 0.2) is 35.0 Å². The van der Waals surface area contributed by atoms with Crippen LogP contribution in [-0.2, 0) is 19.9 Å². The summed E-state index contributed by atoms with van der Waals surface area (Å²) in [7, 11) is 4.53. The van der Waals surface area contributed by atoms with E-state index in [2.05, 4.69) is 21.0 Å². The van der Waals surface area contributed by atoms with E-state index in [1.807, 2.05) is 22.9 Å². The number of ether oxygens (including phenoxy) is 2. The van der Waals surface area contributed by atoms with Crippen LogP contribution in [0.1, 0.15) is 35.9 Å². The Morgan fingerprint density at radius 1 is 1.24 bits per heavy atom. The third-order valence-electron chi connectivity index (χ3n) is 6.13. The third-order valence-corrected chi connectivity index (χ3v) is 8.09. The van der Waals surface area contributed by atoms with E-state index in [-0.39, 0.29) is 18.3 Å². The summed E-state index contributed by atoms with van der Waals surface area (Å²) in [6.07, 6.45) is 2.93. The first-order chi connectivity index (χ1) is 13.8. The molecule has 4 atom stereocenters. The Labute approximate surface area is 180 Å². The Kier molecular flexibility index (Phi) is 5.88. The molecule has 4 rings (SSSR count). The Bertz CT molecular complexity index is 784. The zero-order chi connectivity index (χ0) is 20.6. The molecule has 2 saturated heterocycles. The number of carbonyl (C=O) groups excluding carboxylic acids is 1. The molecule has 1 N–H and O–H groups in total. The molecule has 2 aromatic heterocycles. The lowest BCUT2D eigenvalue weighted by Gasteiger charge is -2.37. The van der Waals surface area contributed by atoms with Crippen molar-refractivity contribution in [2.75, 3.05) is 27.2 Å². The second-order valence-electron chi connectivity index (χ2n) is 8.98. The fourth-order valence-electron chi connectivity index (χ4n) is 4.57. The predicted octanol–water partition coefficient (Wildman–Crippen LogP) is 3.62. The molecule has 29 heavy (non-hydrogen) atoms. The normalized spacial score (nSPS) is 29.7. The second kappa shape index (κ2) is 8.12. The topological polar surface area (TPSA) is 59.1 Å². The molecule has 0 aromatic carbocycles. The van der Waals surface area contributed by atoms with E-state index in [1.54, 1.807) is 12.1 Å². The number of hydrogen-bond donors (Lipinski definition) is 1. The Hall–Kier alpha value is -1.25. The quantitative estimate of drug-likeness (QED) is 0.442. The molecule has 0 saturated carbocycles. The zero-order valence-corrected chi connectivity index (χ0v) is 18.9. The first kappa shape index (κ1) is 21.0. The smallest absolute Gasteiger partial charge is 0.349 e. The van der Waals surface area contributed by atoms with Crippen LogP contribution in [0.25, 0.3) is 0 Å². The number of epoxide rings is 1. The number of aliphatic hydroxyl groups is 1. The zero-order valence-electron chi connectivity index (χ0n) is 17.2. The molecule has 0 amide bonds. The van der Waals surface area contributed by atoms with E-state index in [0.717, 1.165) is 36.8 Å². The highest BCUT2D eigenvalue weighted by atomic mass is 32.1. The molecule has 2 aliphatic heterocycles. The molecule has 7 heteroatoms. The number of quaternary nitrogens is 1. The number of likely N-dealkylation sites (tertiary alicyclic amines) is 1. The second-order valence-corrected chi connectivity index (χ2v) is 10.9. The van der Waals surface area contributed by atoms with E-state index >= 15 is 0 Å². The van der Waals surface area contributed by atoms with Gasteiger partial charge in [-0.25, -0.2) is 4.79 Å². The highest BCUT2D eigenvalue weighted by molar-refractivity contribution is 7.12. The minimum atomic E-state index is -1.74. The van der Waals surface area contributed by atoms with Gasteiger partial charge >= 0.3 is 5.97 Å². The molecular weight excluding hydrogens is 406 g/mol. The van der Waals surface area contributed by atoms with E-state index in [4.69, 9.17) is 9.47 Å². The van der Waals surface area contributed by atoms with Gasteiger partial charge in [0.1, 0.15) is 6.10 Å². The fourth-order valence-corrected chi connectivity index (χ4v) is 6.29. The average Bonchev–Trinajstić information content (AvgIpc) is 3.13. The summed E-state index contributed by atoms with van der Waals surface area (Å²) in [4.78, 5) is 14.5. The van der Waals surface area contributed by atoms with E-state index in [1.165, 1.54) is 22.7 Å². The van der Waals surface area contributed by atoms with E-state index < -0.39 is 11.6 Å². The number of thiophene rings is 2. The standard InChI is InChI=1S/C22H30NO4S2/c1-15-20(26-15)16-13-17(7-4-10-23(2,3)14-16)27-21(24)22(25,18-8-5-11-28-18)19-9-6-12-29-19/h5-6,8-9,11-12,15-17,20,25H,4,7,10,13-14H2,1-3H3/q+1. The van der Waals surface area contributed by atoms with Crippen molar-refractivity contribution in [3.05, 3.63) is 44.8 Å². The predicted molar refractivity (Wildman–Crippen MR) is 115 cm³/mol.